The molecule has 1 aromatic rings. The maximum absolute atomic E-state index is 5.31. The third kappa shape index (κ3) is 4.63. The van der Waals surface area contributed by atoms with Crippen LogP contribution >= 0.6 is 28.3 Å². The normalized spacial score (nSPS) is 11.9. The monoisotopic (exact) mass is 292 g/mol. The Morgan fingerprint density at radius 3 is 2.60 bits per heavy atom. The summed E-state index contributed by atoms with van der Waals surface area (Å²) in [6.45, 7) is 0.607. The van der Waals surface area contributed by atoms with E-state index in [0.717, 1.165) is 0 Å². The van der Waals surface area contributed by atoms with Gasteiger partial charge in [-0.25, -0.2) is 0 Å². The van der Waals surface area contributed by atoms with Crippen molar-refractivity contribution in [2.45, 2.75) is 6.04 Å². The molecule has 1 atom stereocenters. The third-order valence-electron chi connectivity index (χ3n) is 1.94. The lowest BCUT2D eigenvalue weighted by molar-refractivity contribution is 0.311. The largest absolute Gasteiger partial charge is 0.370 e. The van der Waals surface area contributed by atoms with Gasteiger partial charge in [0.05, 0.1) is 12.6 Å². The zero-order chi connectivity index (χ0) is 10.6. The molecule has 1 heterocycles. The van der Waals surface area contributed by atoms with Crippen molar-refractivity contribution < 1.29 is 0 Å². The highest BCUT2D eigenvalue weighted by Crippen LogP contribution is 2.23. The van der Waals surface area contributed by atoms with Crippen molar-refractivity contribution in [1.29, 1.82) is 0 Å². The lowest BCUT2D eigenvalue weighted by Gasteiger charge is -2.21. The number of nitrogens with two attached hydrogens (primary N) is 2. The molecule has 0 aliphatic heterocycles. The van der Waals surface area contributed by atoms with E-state index in [-0.39, 0.29) is 29.0 Å². The summed E-state index contributed by atoms with van der Waals surface area (Å²) in [5.74, 6) is 0.147. The Hall–Kier alpha value is -0.590. The number of halogens is 1. The highest BCUT2D eigenvalue weighted by atomic mass is 79.9. The summed E-state index contributed by atoms with van der Waals surface area (Å²) >= 11 is 1.72. The fourth-order valence-corrected chi connectivity index (χ4v) is 2.09. The number of likely N-dealkylation sites (N-methyl/N-ethyl adjacent to an activating group) is 1. The van der Waals surface area contributed by atoms with Crippen molar-refractivity contribution in [1.82, 2.24) is 4.90 Å². The van der Waals surface area contributed by atoms with Crippen molar-refractivity contribution in [2.24, 2.45) is 16.5 Å². The molecule has 1 aromatic heterocycles. The van der Waals surface area contributed by atoms with Crippen LogP contribution in [0.2, 0.25) is 0 Å². The van der Waals surface area contributed by atoms with Crippen LogP contribution in [0.4, 0.5) is 0 Å². The van der Waals surface area contributed by atoms with E-state index in [1.807, 2.05) is 20.2 Å². The predicted octanol–water partition coefficient (Wildman–Crippen LogP) is 1.20. The highest BCUT2D eigenvalue weighted by molar-refractivity contribution is 8.93. The fraction of sp³-hybridized carbons (Fsp3) is 0.444. The Morgan fingerprint density at radius 1 is 1.53 bits per heavy atom. The van der Waals surface area contributed by atoms with Gasteiger partial charge in [0, 0.05) is 4.88 Å². The van der Waals surface area contributed by atoms with E-state index in [1.54, 1.807) is 11.3 Å². The summed E-state index contributed by atoms with van der Waals surface area (Å²) in [5.41, 5.74) is 10.6. The van der Waals surface area contributed by atoms with Crippen LogP contribution in [0.1, 0.15) is 10.9 Å². The van der Waals surface area contributed by atoms with Gasteiger partial charge in [-0.1, -0.05) is 6.07 Å². The lowest BCUT2D eigenvalue weighted by atomic mass is 10.2. The Morgan fingerprint density at radius 2 is 2.20 bits per heavy atom. The molecule has 1 unspecified atom stereocenters. The van der Waals surface area contributed by atoms with Crippen molar-refractivity contribution in [3.05, 3.63) is 22.4 Å². The Balaban J connectivity index is 0.00000196. The molecule has 0 amide bonds. The van der Waals surface area contributed by atoms with Gasteiger partial charge < -0.3 is 16.4 Å². The van der Waals surface area contributed by atoms with Crippen LogP contribution < -0.4 is 11.5 Å². The molecule has 0 spiro atoms. The first-order chi connectivity index (χ1) is 6.61. The van der Waals surface area contributed by atoms with Gasteiger partial charge in [-0.3, -0.25) is 4.99 Å². The van der Waals surface area contributed by atoms with Gasteiger partial charge in [0.25, 0.3) is 0 Å². The standard InChI is InChI=1S/C9H16N4S.BrH/c1-13(2)7(6-12-9(10)11)8-4-3-5-14-8;/h3-5,7H,6H2,1-2H3,(H4,10,11,12);1H. The van der Waals surface area contributed by atoms with E-state index in [4.69, 9.17) is 11.5 Å². The molecule has 15 heavy (non-hydrogen) atoms. The first-order valence-corrected chi connectivity index (χ1v) is 5.24. The summed E-state index contributed by atoms with van der Waals surface area (Å²) in [7, 11) is 4.04. The number of thiophene rings is 1. The van der Waals surface area contributed by atoms with Crippen LogP contribution in [0.25, 0.3) is 0 Å². The summed E-state index contributed by atoms with van der Waals surface area (Å²) < 4.78 is 0. The quantitative estimate of drug-likeness (QED) is 0.647. The van der Waals surface area contributed by atoms with Gasteiger partial charge >= 0.3 is 0 Å². The summed E-state index contributed by atoms with van der Waals surface area (Å²) in [6.07, 6.45) is 0. The second kappa shape index (κ2) is 6.81. The SMILES string of the molecule is Br.CN(C)C(CN=C(N)N)c1cccs1. The van der Waals surface area contributed by atoms with Crippen molar-refractivity contribution in [3.8, 4) is 0 Å². The molecule has 0 aliphatic carbocycles. The van der Waals surface area contributed by atoms with E-state index in [2.05, 4.69) is 21.3 Å². The lowest BCUT2D eigenvalue weighted by Crippen LogP contribution is -2.27. The van der Waals surface area contributed by atoms with E-state index >= 15 is 0 Å². The molecule has 4 N–H and O–H groups in total. The smallest absolute Gasteiger partial charge is 0.185 e. The number of hydrogen-bond acceptors (Lipinski definition) is 3. The molecule has 86 valence electrons. The van der Waals surface area contributed by atoms with Crippen LogP contribution in [0.15, 0.2) is 22.5 Å². The zero-order valence-electron chi connectivity index (χ0n) is 8.88. The van der Waals surface area contributed by atoms with Crippen LogP contribution in [0, 0.1) is 0 Å². The topological polar surface area (TPSA) is 67.6 Å². The Kier molecular flexibility index (Phi) is 6.55. The maximum Gasteiger partial charge on any atom is 0.185 e. The second-order valence-corrected chi connectivity index (χ2v) is 4.24. The van der Waals surface area contributed by atoms with Gasteiger partial charge in [0.2, 0.25) is 0 Å². The molecule has 0 saturated heterocycles. The predicted molar refractivity (Wildman–Crippen MR) is 71.7 cm³/mol. The number of guanidine groups is 1. The van der Waals surface area contributed by atoms with Crippen LogP contribution in [0.3, 0.4) is 0 Å². The van der Waals surface area contributed by atoms with Gasteiger partial charge in [-0.2, -0.15) is 0 Å². The molecule has 0 fully saturated rings. The van der Waals surface area contributed by atoms with Crippen LogP contribution in [0.5, 0.6) is 0 Å². The molecule has 0 radical (unpaired) electrons. The fourth-order valence-electron chi connectivity index (χ4n) is 1.18. The summed E-state index contributed by atoms with van der Waals surface area (Å²) in [5, 5.41) is 2.06. The molecule has 1 rings (SSSR count). The van der Waals surface area contributed by atoms with Gasteiger partial charge in [0.1, 0.15) is 0 Å². The number of aliphatic imine (C=N–C) groups is 1. The minimum absolute atomic E-state index is 0. The molecule has 6 heteroatoms. The Bertz CT molecular complexity index is 293. The van der Waals surface area contributed by atoms with E-state index < -0.39 is 0 Å². The molecule has 0 bridgehead atoms. The minimum Gasteiger partial charge on any atom is -0.370 e. The van der Waals surface area contributed by atoms with Crippen LogP contribution in [-0.4, -0.2) is 31.5 Å². The van der Waals surface area contributed by atoms with Crippen molar-refractivity contribution >= 4 is 34.3 Å². The number of nitrogens with zero attached hydrogens (tertiary/aromatic N) is 2. The molecular formula is C9H17BrN4S. The third-order valence-corrected chi connectivity index (χ3v) is 2.92. The van der Waals surface area contributed by atoms with Crippen molar-refractivity contribution in [2.75, 3.05) is 20.6 Å². The first-order valence-electron chi connectivity index (χ1n) is 4.36. The van der Waals surface area contributed by atoms with Crippen LogP contribution in [-0.2, 0) is 0 Å². The number of hydrogen-bond donors (Lipinski definition) is 2. The molecule has 0 aromatic carbocycles. The molecule has 0 aliphatic rings. The average Bonchev–Trinajstić information content (AvgIpc) is 2.56. The van der Waals surface area contributed by atoms with Gasteiger partial charge in [-0.15, -0.1) is 28.3 Å². The Labute approximate surface area is 105 Å². The van der Waals surface area contributed by atoms with E-state index in [0.29, 0.717) is 6.54 Å². The van der Waals surface area contributed by atoms with Gasteiger partial charge in [-0.05, 0) is 25.5 Å². The molecular weight excluding hydrogens is 276 g/mol. The number of rotatable bonds is 4. The van der Waals surface area contributed by atoms with Crippen molar-refractivity contribution in [3.63, 3.8) is 0 Å². The maximum atomic E-state index is 5.31. The molecule has 4 nitrogen and oxygen atoms in total. The minimum atomic E-state index is 0. The zero-order valence-corrected chi connectivity index (χ0v) is 11.4. The first kappa shape index (κ1) is 14.4. The van der Waals surface area contributed by atoms with Gasteiger partial charge in [0.15, 0.2) is 5.96 Å². The summed E-state index contributed by atoms with van der Waals surface area (Å²) in [6, 6.07) is 4.39. The average molecular weight is 293 g/mol. The summed E-state index contributed by atoms with van der Waals surface area (Å²) in [4.78, 5) is 7.43. The molecule has 0 saturated carbocycles. The second-order valence-electron chi connectivity index (χ2n) is 3.26. The van der Waals surface area contributed by atoms with E-state index in [1.165, 1.54) is 4.88 Å². The van der Waals surface area contributed by atoms with E-state index in [9.17, 15) is 0 Å². The highest BCUT2D eigenvalue weighted by Gasteiger charge is 2.13.